The smallest absolute Gasteiger partial charge is 0.243 e. The maximum absolute atomic E-state index is 12.6. The summed E-state index contributed by atoms with van der Waals surface area (Å²) < 4.78 is 26.9. The van der Waals surface area contributed by atoms with E-state index in [2.05, 4.69) is 24.3 Å². The van der Waals surface area contributed by atoms with E-state index >= 15 is 0 Å². The second-order valence-electron chi connectivity index (χ2n) is 5.28. The SMILES string of the molecule is CC1(C)CCN(S(=O)(=O)c2ccnc(NN)c2)CCS1. The molecule has 1 aromatic heterocycles. The van der Waals surface area contributed by atoms with E-state index in [0.29, 0.717) is 18.9 Å². The quantitative estimate of drug-likeness (QED) is 0.645. The molecule has 2 rings (SSSR count). The van der Waals surface area contributed by atoms with Gasteiger partial charge in [-0.2, -0.15) is 16.1 Å². The lowest BCUT2D eigenvalue weighted by molar-refractivity contribution is 0.415. The van der Waals surface area contributed by atoms with Gasteiger partial charge in [-0.05, 0) is 12.5 Å². The van der Waals surface area contributed by atoms with E-state index in [-0.39, 0.29) is 9.64 Å². The van der Waals surface area contributed by atoms with Crippen LogP contribution < -0.4 is 11.3 Å². The van der Waals surface area contributed by atoms with Crippen molar-refractivity contribution in [3.63, 3.8) is 0 Å². The standard InChI is InChI=1S/C12H20N4O2S2/c1-12(2)4-6-16(7-8-19-12)20(17,18)10-3-5-14-11(9-10)15-13/h3,5,9H,4,6-8,13H2,1-2H3,(H,14,15). The van der Waals surface area contributed by atoms with Crippen LogP contribution >= 0.6 is 11.8 Å². The molecule has 0 spiro atoms. The highest BCUT2D eigenvalue weighted by Gasteiger charge is 2.30. The van der Waals surface area contributed by atoms with Gasteiger partial charge in [0.05, 0.1) is 4.90 Å². The predicted octanol–water partition coefficient (Wildman–Crippen LogP) is 1.27. The van der Waals surface area contributed by atoms with Gasteiger partial charge in [-0.3, -0.25) is 0 Å². The Morgan fingerprint density at radius 2 is 2.20 bits per heavy atom. The van der Waals surface area contributed by atoms with Gasteiger partial charge in [-0.15, -0.1) is 0 Å². The number of nitrogens with zero attached hydrogens (tertiary/aromatic N) is 2. The molecule has 0 radical (unpaired) electrons. The molecule has 6 nitrogen and oxygen atoms in total. The summed E-state index contributed by atoms with van der Waals surface area (Å²) in [7, 11) is -3.48. The number of rotatable bonds is 3. The third kappa shape index (κ3) is 3.43. The third-order valence-corrected chi connectivity index (χ3v) is 6.58. The number of nitrogen functional groups attached to an aromatic ring is 1. The van der Waals surface area contributed by atoms with Crippen molar-refractivity contribution >= 4 is 27.6 Å². The Hall–Kier alpha value is -0.830. The first-order valence-electron chi connectivity index (χ1n) is 6.42. The zero-order valence-electron chi connectivity index (χ0n) is 11.7. The van der Waals surface area contributed by atoms with E-state index in [4.69, 9.17) is 5.84 Å². The van der Waals surface area contributed by atoms with E-state index in [1.165, 1.54) is 18.3 Å². The lowest BCUT2D eigenvalue weighted by atomic mass is 10.1. The lowest BCUT2D eigenvalue weighted by Crippen LogP contribution is -2.33. The summed E-state index contributed by atoms with van der Waals surface area (Å²) in [4.78, 5) is 4.16. The number of anilines is 1. The molecular weight excluding hydrogens is 296 g/mol. The van der Waals surface area contributed by atoms with Crippen LogP contribution in [0.4, 0.5) is 5.82 Å². The summed E-state index contributed by atoms with van der Waals surface area (Å²) in [5.41, 5.74) is 2.37. The van der Waals surface area contributed by atoms with E-state index in [1.807, 2.05) is 11.8 Å². The number of hydrogen-bond acceptors (Lipinski definition) is 6. The number of pyridine rings is 1. The zero-order chi connectivity index (χ0) is 14.8. The second-order valence-corrected chi connectivity index (χ2v) is 9.02. The highest BCUT2D eigenvalue weighted by atomic mass is 32.2. The highest BCUT2D eigenvalue weighted by Crippen LogP contribution is 2.32. The van der Waals surface area contributed by atoms with E-state index < -0.39 is 10.0 Å². The summed E-state index contributed by atoms with van der Waals surface area (Å²) >= 11 is 1.81. The first-order valence-corrected chi connectivity index (χ1v) is 8.84. The number of sulfonamides is 1. The molecule has 3 N–H and O–H groups in total. The minimum Gasteiger partial charge on any atom is -0.308 e. The number of hydrazine groups is 1. The van der Waals surface area contributed by atoms with Crippen molar-refractivity contribution in [2.24, 2.45) is 5.84 Å². The molecule has 8 heteroatoms. The number of nitrogens with one attached hydrogen (secondary N) is 1. The second kappa shape index (κ2) is 5.88. The van der Waals surface area contributed by atoms with Gasteiger partial charge in [0.25, 0.3) is 0 Å². The van der Waals surface area contributed by atoms with Crippen LogP contribution in [0.1, 0.15) is 20.3 Å². The summed E-state index contributed by atoms with van der Waals surface area (Å²) in [6, 6.07) is 2.96. The molecule has 0 bridgehead atoms. The first-order chi connectivity index (χ1) is 9.35. The molecule has 0 aliphatic carbocycles. The molecule has 1 saturated heterocycles. The molecule has 0 amide bonds. The molecule has 2 heterocycles. The maximum atomic E-state index is 12.6. The van der Waals surface area contributed by atoms with Crippen LogP contribution in [0.2, 0.25) is 0 Å². The molecular formula is C12H20N4O2S2. The average molecular weight is 316 g/mol. The van der Waals surface area contributed by atoms with E-state index in [1.54, 1.807) is 4.31 Å². The van der Waals surface area contributed by atoms with Crippen LogP contribution in [0, 0.1) is 0 Å². The van der Waals surface area contributed by atoms with Crippen molar-refractivity contribution in [1.82, 2.24) is 9.29 Å². The molecule has 1 aliphatic heterocycles. The maximum Gasteiger partial charge on any atom is 0.243 e. The van der Waals surface area contributed by atoms with Gasteiger partial charge in [0.15, 0.2) is 0 Å². The zero-order valence-corrected chi connectivity index (χ0v) is 13.3. The molecule has 1 aliphatic rings. The van der Waals surface area contributed by atoms with E-state index in [9.17, 15) is 8.42 Å². The summed E-state index contributed by atoms with van der Waals surface area (Å²) in [6.07, 6.45) is 2.28. The fourth-order valence-electron chi connectivity index (χ4n) is 2.04. The fraction of sp³-hybridized carbons (Fsp3) is 0.583. The van der Waals surface area contributed by atoms with Gasteiger partial charge in [0.1, 0.15) is 5.82 Å². The van der Waals surface area contributed by atoms with Gasteiger partial charge in [0.2, 0.25) is 10.0 Å². The Bertz CT molecular complexity index is 575. The molecule has 0 unspecified atom stereocenters. The Balaban J connectivity index is 2.25. The lowest BCUT2D eigenvalue weighted by Gasteiger charge is -2.22. The fourth-order valence-corrected chi connectivity index (χ4v) is 4.71. The van der Waals surface area contributed by atoms with Gasteiger partial charge in [0, 0.05) is 35.9 Å². The molecule has 0 saturated carbocycles. The van der Waals surface area contributed by atoms with Gasteiger partial charge < -0.3 is 5.43 Å². The summed E-state index contributed by atoms with van der Waals surface area (Å²) in [5, 5.41) is 0. The van der Waals surface area contributed by atoms with Crippen LogP contribution in [-0.4, -0.2) is 41.3 Å². The van der Waals surface area contributed by atoms with Crippen LogP contribution in [-0.2, 0) is 10.0 Å². The third-order valence-electron chi connectivity index (χ3n) is 3.31. The molecule has 20 heavy (non-hydrogen) atoms. The molecule has 1 aromatic rings. The van der Waals surface area contributed by atoms with Crippen LogP contribution in [0.25, 0.3) is 0 Å². The number of nitrogens with two attached hydrogens (primary N) is 1. The van der Waals surface area contributed by atoms with Crippen molar-refractivity contribution in [1.29, 1.82) is 0 Å². The Labute approximate surface area is 124 Å². The van der Waals surface area contributed by atoms with Crippen molar-refractivity contribution < 1.29 is 8.42 Å². The average Bonchev–Trinajstić information content (AvgIpc) is 2.60. The minimum atomic E-state index is -3.48. The minimum absolute atomic E-state index is 0.118. The highest BCUT2D eigenvalue weighted by molar-refractivity contribution is 8.00. The summed E-state index contributed by atoms with van der Waals surface area (Å²) in [5.74, 6) is 6.42. The van der Waals surface area contributed by atoms with Crippen molar-refractivity contribution in [2.45, 2.75) is 29.9 Å². The molecule has 1 fully saturated rings. The Morgan fingerprint density at radius 1 is 1.45 bits per heavy atom. The number of aromatic nitrogens is 1. The van der Waals surface area contributed by atoms with Crippen LogP contribution in [0.15, 0.2) is 23.2 Å². The van der Waals surface area contributed by atoms with Gasteiger partial charge in [-0.25, -0.2) is 19.2 Å². The monoisotopic (exact) mass is 316 g/mol. The predicted molar refractivity (Wildman–Crippen MR) is 82.0 cm³/mol. The molecule has 0 atom stereocenters. The van der Waals surface area contributed by atoms with Gasteiger partial charge in [-0.1, -0.05) is 13.8 Å². The van der Waals surface area contributed by atoms with Gasteiger partial charge >= 0.3 is 0 Å². The molecule has 112 valence electrons. The van der Waals surface area contributed by atoms with Crippen molar-refractivity contribution in [3.8, 4) is 0 Å². The Kier molecular flexibility index (Phi) is 4.58. The topological polar surface area (TPSA) is 88.3 Å². The number of thioether (sulfide) groups is 1. The Morgan fingerprint density at radius 3 is 2.90 bits per heavy atom. The van der Waals surface area contributed by atoms with E-state index in [0.717, 1.165) is 12.2 Å². The molecule has 0 aromatic carbocycles. The largest absolute Gasteiger partial charge is 0.308 e. The summed E-state index contributed by atoms with van der Waals surface area (Å²) in [6.45, 7) is 5.37. The van der Waals surface area contributed by atoms with Crippen LogP contribution in [0.3, 0.4) is 0 Å². The first kappa shape index (κ1) is 15.6. The van der Waals surface area contributed by atoms with Crippen LogP contribution in [0.5, 0.6) is 0 Å². The van der Waals surface area contributed by atoms with Crippen molar-refractivity contribution in [2.75, 3.05) is 24.3 Å². The van der Waals surface area contributed by atoms with Crippen molar-refractivity contribution in [3.05, 3.63) is 18.3 Å². The normalized spacial score (nSPS) is 20.4. The number of hydrogen-bond donors (Lipinski definition) is 2.